The SMILES string of the molecule is COc1ccc([C@H]2[C@H]3CNC[C@H]3CN2C(=O)C2CCS(=O)(=O)CC2)cc1.Cl. The second kappa shape index (κ2) is 7.97. The van der Waals surface area contributed by atoms with Crippen molar-refractivity contribution in [2.75, 3.05) is 38.2 Å². The molecule has 1 amide bonds. The van der Waals surface area contributed by atoms with Crippen molar-refractivity contribution in [3.63, 3.8) is 0 Å². The van der Waals surface area contributed by atoms with E-state index in [0.717, 1.165) is 30.9 Å². The molecule has 3 fully saturated rings. The van der Waals surface area contributed by atoms with Crippen LogP contribution in [0.15, 0.2) is 24.3 Å². The van der Waals surface area contributed by atoms with Crippen LogP contribution in [0, 0.1) is 17.8 Å². The predicted octanol–water partition coefficient (Wildman–Crippen LogP) is 1.66. The molecule has 1 aromatic rings. The topological polar surface area (TPSA) is 75.7 Å². The Kier molecular flexibility index (Phi) is 6.03. The van der Waals surface area contributed by atoms with Gasteiger partial charge < -0.3 is 15.0 Å². The van der Waals surface area contributed by atoms with Crippen LogP contribution in [0.3, 0.4) is 0 Å². The minimum Gasteiger partial charge on any atom is -0.497 e. The zero-order valence-electron chi connectivity index (χ0n) is 15.5. The number of fused-ring (bicyclic) bond motifs is 1. The first-order chi connectivity index (χ1) is 12.5. The van der Waals surface area contributed by atoms with E-state index >= 15 is 0 Å². The highest BCUT2D eigenvalue weighted by Gasteiger charge is 2.48. The van der Waals surface area contributed by atoms with Crippen LogP contribution in [-0.4, -0.2) is 57.5 Å². The molecule has 1 aromatic carbocycles. The minimum absolute atomic E-state index is 0. The van der Waals surface area contributed by atoms with Crippen LogP contribution < -0.4 is 10.1 Å². The molecule has 0 bridgehead atoms. The van der Waals surface area contributed by atoms with Crippen LogP contribution >= 0.6 is 12.4 Å². The van der Waals surface area contributed by atoms with Crippen LogP contribution in [0.25, 0.3) is 0 Å². The van der Waals surface area contributed by atoms with Crippen LogP contribution in [0.2, 0.25) is 0 Å². The summed E-state index contributed by atoms with van der Waals surface area (Å²) < 4.78 is 28.7. The van der Waals surface area contributed by atoms with Crippen molar-refractivity contribution in [3.8, 4) is 5.75 Å². The van der Waals surface area contributed by atoms with Gasteiger partial charge in [0.25, 0.3) is 0 Å². The Hall–Kier alpha value is -1.31. The summed E-state index contributed by atoms with van der Waals surface area (Å²) in [6.45, 7) is 2.63. The Balaban J connectivity index is 0.00000210. The van der Waals surface area contributed by atoms with E-state index < -0.39 is 9.84 Å². The zero-order chi connectivity index (χ0) is 18.3. The van der Waals surface area contributed by atoms with Gasteiger partial charge in [-0.05, 0) is 36.5 Å². The van der Waals surface area contributed by atoms with Gasteiger partial charge in [0, 0.05) is 31.5 Å². The van der Waals surface area contributed by atoms with Crippen LogP contribution in [-0.2, 0) is 14.6 Å². The highest BCUT2D eigenvalue weighted by atomic mass is 35.5. The number of hydrogen-bond donors (Lipinski definition) is 1. The lowest BCUT2D eigenvalue weighted by atomic mass is 9.89. The van der Waals surface area contributed by atoms with Crippen molar-refractivity contribution in [1.82, 2.24) is 10.2 Å². The number of carbonyl (C=O) groups excluding carboxylic acids is 1. The molecule has 3 atom stereocenters. The summed E-state index contributed by atoms with van der Waals surface area (Å²) >= 11 is 0. The summed E-state index contributed by atoms with van der Waals surface area (Å²) in [6, 6.07) is 8.06. The fourth-order valence-corrected chi connectivity index (χ4v) is 6.24. The number of halogens is 1. The molecule has 0 saturated carbocycles. The van der Waals surface area contributed by atoms with Crippen molar-refractivity contribution in [3.05, 3.63) is 29.8 Å². The van der Waals surface area contributed by atoms with Crippen LogP contribution in [0.5, 0.6) is 5.75 Å². The van der Waals surface area contributed by atoms with Crippen molar-refractivity contribution in [2.45, 2.75) is 18.9 Å². The molecule has 1 N–H and O–H groups in total. The number of hydrogen-bond acceptors (Lipinski definition) is 5. The highest BCUT2D eigenvalue weighted by Crippen LogP contribution is 2.44. The highest BCUT2D eigenvalue weighted by molar-refractivity contribution is 7.91. The van der Waals surface area contributed by atoms with Crippen molar-refractivity contribution in [2.24, 2.45) is 17.8 Å². The van der Waals surface area contributed by atoms with E-state index in [1.807, 2.05) is 17.0 Å². The third-order valence-corrected chi connectivity index (χ3v) is 7.92. The molecule has 3 aliphatic rings. The van der Waals surface area contributed by atoms with E-state index in [1.54, 1.807) is 7.11 Å². The molecule has 3 heterocycles. The normalized spacial score (nSPS) is 29.8. The monoisotopic (exact) mass is 414 g/mol. The summed E-state index contributed by atoms with van der Waals surface area (Å²) in [6.07, 6.45) is 0.918. The van der Waals surface area contributed by atoms with Gasteiger partial charge in [-0.15, -0.1) is 12.4 Å². The maximum absolute atomic E-state index is 13.2. The van der Waals surface area contributed by atoms with Crippen LogP contribution in [0.4, 0.5) is 0 Å². The van der Waals surface area contributed by atoms with Gasteiger partial charge in [0.15, 0.2) is 0 Å². The van der Waals surface area contributed by atoms with Gasteiger partial charge in [0.05, 0.1) is 24.7 Å². The first-order valence-corrected chi connectivity index (χ1v) is 11.2. The largest absolute Gasteiger partial charge is 0.497 e. The molecule has 0 aromatic heterocycles. The molecular formula is C19H27ClN2O4S. The van der Waals surface area contributed by atoms with E-state index in [1.165, 1.54) is 0 Å². The fourth-order valence-electron chi connectivity index (χ4n) is 4.75. The zero-order valence-corrected chi connectivity index (χ0v) is 17.1. The van der Waals surface area contributed by atoms with E-state index in [4.69, 9.17) is 4.74 Å². The third kappa shape index (κ3) is 3.96. The smallest absolute Gasteiger partial charge is 0.226 e. The number of carbonyl (C=O) groups is 1. The van der Waals surface area contributed by atoms with E-state index in [0.29, 0.717) is 24.7 Å². The summed E-state index contributed by atoms with van der Waals surface area (Å²) in [5.41, 5.74) is 1.14. The summed E-state index contributed by atoms with van der Waals surface area (Å²) in [5.74, 6) is 1.94. The maximum Gasteiger partial charge on any atom is 0.226 e. The number of benzene rings is 1. The lowest BCUT2D eigenvalue weighted by Gasteiger charge is -2.32. The molecule has 3 saturated heterocycles. The average Bonchev–Trinajstić information content (AvgIpc) is 3.22. The predicted molar refractivity (Wildman–Crippen MR) is 106 cm³/mol. The molecule has 3 aliphatic heterocycles. The van der Waals surface area contributed by atoms with Gasteiger partial charge >= 0.3 is 0 Å². The molecule has 27 heavy (non-hydrogen) atoms. The molecule has 0 unspecified atom stereocenters. The Morgan fingerprint density at radius 1 is 1.15 bits per heavy atom. The molecule has 0 radical (unpaired) electrons. The van der Waals surface area contributed by atoms with Crippen LogP contribution in [0.1, 0.15) is 24.4 Å². The number of amides is 1. The van der Waals surface area contributed by atoms with E-state index in [9.17, 15) is 13.2 Å². The first kappa shape index (κ1) is 20.4. The molecule has 0 spiro atoms. The van der Waals surface area contributed by atoms with E-state index in [2.05, 4.69) is 17.4 Å². The third-order valence-electron chi connectivity index (χ3n) is 6.21. The van der Waals surface area contributed by atoms with Gasteiger partial charge in [0.2, 0.25) is 5.91 Å². The van der Waals surface area contributed by atoms with Gasteiger partial charge in [-0.2, -0.15) is 0 Å². The second-order valence-corrected chi connectivity index (χ2v) is 10.0. The second-order valence-electron chi connectivity index (χ2n) is 7.72. The average molecular weight is 415 g/mol. The summed E-state index contributed by atoms with van der Waals surface area (Å²) in [4.78, 5) is 15.3. The summed E-state index contributed by atoms with van der Waals surface area (Å²) in [7, 11) is -1.31. The number of likely N-dealkylation sites (tertiary alicyclic amines) is 1. The number of sulfone groups is 1. The lowest BCUT2D eigenvalue weighted by Crippen LogP contribution is -2.41. The van der Waals surface area contributed by atoms with Crippen molar-refractivity contribution < 1.29 is 17.9 Å². The number of ether oxygens (including phenoxy) is 1. The lowest BCUT2D eigenvalue weighted by molar-refractivity contribution is -0.137. The molecule has 6 nitrogen and oxygen atoms in total. The quantitative estimate of drug-likeness (QED) is 0.814. The molecule has 0 aliphatic carbocycles. The molecule has 150 valence electrons. The number of nitrogens with one attached hydrogen (secondary N) is 1. The van der Waals surface area contributed by atoms with Crippen molar-refractivity contribution >= 4 is 28.2 Å². The molecular weight excluding hydrogens is 388 g/mol. The number of nitrogens with zero attached hydrogens (tertiary/aromatic N) is 1. The Bertz CT molecular complexity index is 769. The molecule has 8 heteroatoms. The van der Waals surface area contributed by atoms with Crippen molar-refractivity contribution in [1.29, 1.82) is 0 Å². The molecule has 4 rings (SSSR count). The van der Waals surface area contributed by atoms with Gasteiger partial charge in [-0.1, -0.05) is 12.1 Å². The maximum atomic E-state index is 13.2. The Morgan fingerprint density at radius 2 is 1.81 bits per heavy atom. The Morgan fingerprint density at radius 3 is 2.44 bits per heavy atom. The van der Waals surface area contributed by atoms with Gasteiger partial charge in [0.1, 0.15) is 15.6 Å². The standard InChI is InChI=1S/C19H26N2O4S.ClH/c1-25-16-4-2-13(3-5-16)18-17-11-20-10-15(17)12-21(18)19(22)14-6-8-26(23,24)9-7-14;/h2-5,14-15,17-18,20H,6-12H2,1H3;1H/t15-,17-,18-;/m0./s1. The Labute approximate surface area is 167 Å². The first-order valence-electron chi connectivity index (χ1n) is 9.34. The minimum atomic E-state index is -2.96. The number of rotatable bonds is 3. The number of methoxy groups -OCH3 is 1. The van der Waals surface area contributed by atoms with Gasteiger partial charge in [-0.3, -0.25) is 4.79 Å². The van der Waals surface area contributed by atoms with E-state index in [-0.39, 0.29) is 41.8 Å². The summed E-state index contributed by atoms with van der Waals surface area (Å²) in [5, 5.41) is 3.45. The fraction of sp³-hybridized carbons (Fsp3) is 0.632. The van der Waals surface area contributed by atoms with Gasteiger partial charge in [-0.25, -0.2) is 8.42 Å².